The molecule has 0 bridgehead atoms. The van der Waals surface area contributed by atoms with E-state index in [4.69, 9.17) is 0 Å². The van der Waals surface area contributed by atoms with Gasteiger partial charge in [0.2, 0.25) is 5.95 Å². The second kappa shape index (κ2) is 6.26. The number of allylic oxidation sites excluding steroid dienone is 2. The quantitative estimate of drug-likeness (QED) is 0.758. The van der Waals surface area contributed by atoms with Gasteiger partial charge in [-0.3, -0.25) is 0 Å². The molecule has 1 atom stereocenters. The molecule has 0 saturated heterocycles. The number of hydrogen-bond donors (Lipinski definition) is 1. The fourth-order valence-corrected chi connectivity index (χ4v) is 3.94. The highest BCUT2D eigenvalue weighted by Gasteiger charge is 2.33. The summed E-state index contributed by atoms with van der Waals surface area (Å²) >= 11 is 0. The largest absolute Gasteiger partial charge is 0.323 e. The van der Waals surface area contributed by atoms with E-state index in [2.05, 4.69) is 75.4 Å². The molecule has 5 rings (SSSR count). The Morgan fingerprint density at radius 1 is 0.962 bits per heavy atom. The molecule has 1 unspecified atom stereocenters. The van der Waals surface area contributed by atoms with Gasteiger partial charge in [-0.2, -0.15) is 4.68 Å². The van der Waals surface area contributed by atoms with Gasteiger partial charge in [0.15, 0.2) is 0 Å². The van der Waals surface area contributed by atoms with Crippen molar-refractivity contribution in [3.8, 4) is 0 Å². The van der Waals surface area contributed by atoms with E-state index in [9.17, 15) is 0 Å². The molecule has 0 amide bonds. The Morgan fingerprint density at radius 3 is 2.54 bits per heavy atom. The van der Waals surface area contributed by atoms with E-state index in [1.54, 1.807) is 0 Å². The highest BCUT2D eigenvalue weighted by atomic mass is 15.6. The highest BCUT2D eigenvalue weighted by Crippen LogP contribution is 2.43. The van der Waals surface area contributed by atoms with Crippen LogP contribution in [0.5, 0.6) is 0 Å². The molecule has 0 spiro atoms. The predicted molar refractivity (Wildman–Crippen MR) is 101 cm³/mol. The topological polar surface area (TPSA) is 55.6 Å². The van der Waals surface area contributed by atoms with E-state index < -0.39 is 0 Å². The number of nitrogens with zero attached hydrogens (tertiary/aromatic N) is 4. The lowest BCUT2D eigenvalue weighted by molar-refractivity contribution is 0.524. The van der Waals surface area contributed by atoms with Gasteiger partial charge >= 0.3 is 0 Å². The lowest BCUT2D eigenvalue weighted by Gasteiger charge is -2.34. The first-order valence-corrected chi connectivity index (χ1v) is 8.99. The van der Waals surface area contributed by atoms with E-state index in [-0.39, 0.29) is 6.04 Å². The van der Waals surface area contributed by atoms with Gasteiger partial charge in [-0.1, -0.05) is 65.8 Å². The zero-order chi connectivity index (χ0) is 17.3. The molecule has 5 heteroatoms. The van der Waals surface area contributed by atoms with Gasteiger partial charge in [0.05, 0.1) is 0 Å². The summed E-state index contributed by atoms with van der Waals surface area (Å²) in [5.41, 5.74) is 6.32. The van der Waals surface area contributed by atoms with Crippen LogP contribution in [0.3, 0.4) is 0 Å². The third-order valence-electron chi connectivity index (χ3n) is 5.09. The number of benzene rings is 2. The zero-order valence-corrected chi connectivity index (χ0v) is 14.3. The van der Waals surface area contributed by atoms with E-state index >= 15 is 0 Å². The number of rotatable bonds is 2. The number of tetrazole rings is 1. The van der Waals surface area contributed by atoms with Crippen LogP contribution in [0.15, 0.2) is 77.5 Å². The Balaban J connectivity index is 1.66. The number of nitrogens with one attached hydrogen (secondary N) is 1. The van der Waals surface area contributed by atoms with Crippen LogP contribution in [0, 0.1) is 0 Å². The van der Waals surface area contributed by atoms with Gasteiger partial charge in [0, 0.05) is 5.70 Å². The van der Waals surface area contributed by atoms with Crippen LogP contribution in [0.4, 0.5) is 5.95 Å². The van der Waals surface area contributed by atoms with Crippen molar-refractivity contribution in [2.75, 3.05) is 5.32 Å². The Bertz CT molecular complexity index is 986. The highest BCUT2D eigenvalue weighted by molar-refractivity contribution is 5.65. The third kappa shape index (κ3) is 2.52. The molecular weight excluding hydrogens is 322 g/mol. The first kappa shape index (κ1) is 15.1. The Kier molecular flexibility index (Phi) is 3.63. The maximum absolute atomic E-state index is 4.25. The molecule has 1 N–H and O–H groups in total. The smallest absolute Gasteiger partial charge is 0.248 e. The molecular formula is C21H19N5. The molecule has 0 saturated carbocycles. The van der Waals surface area contributed by atoms with Crippen molar-refractivity contribution in [2.24, 2.45) is 0 Å². The Morgan fingerprint density at radius 2 is 1.73 bits per heavy atom. The van der Waals surface area contributed by atoms with E-state index in [0.29, 0.717) is 5.95 Å². The van der Waals surface area contributed by atoms with E-state index in [1.807, 2.05) is 16.8 Å². The van der Waals surface area contributed by atoms with Gasteiger partial charge < -0.3 is 5.32 Å². The molecule has 3 aromatic rings. The molecule has 5 nitrogen and oxygen atoms in total. The van der Waals surface area contributed by atoms with Crippen LogP contribution in [0.1, 0.15) is 36.4 Å². The molecule has 1 aromatic heterocycles. The minimum absolute atomic E-state index is 0.0527. The third-order valence-corrected chi connectivity index (χ3v) is 5.09. The van der Waals surface area contributed by atoms with Crippen molar-refractivity contribution in [1.82, 2.24) is 20.2 Å². The second-order valence-corrected chi connectivity index (χ2v) is 6.72. The summed E-state index contributed by atoms with van der Waals surface area (Å²) in [5.74, 6) is 0.707. The van der Waals surface area contributed by atoms with Gasteiger partial charge in [-0.05, 0) is 58.0 Å². The summed E-state index contributed by atoms with van der Waals surface area (Å²) in [6.07, 6.45) is 5.53. The van der Waals surface area contributed by atoms with Gasteiger partial charge in [-0.25, -0.2) is 0 Å². The molecule has 0 radical (unpaired) electrons. The monoisotopic (exact) mass is 341 g/mol. The Hall–Kier alpha value is -3.21. The van der Waals surface area contributed by atoms with E-state index in [0.717, 1.165) is 19.3 Å². The van der Waals surface area contributed by atoms with Crippen LogP contribution in [0.2, 0.25) is 0 Å². The summed E-state index contributed by atoms with van der Waals surface area (Å²) in [5, 5.41) is 15.8. The normalized spacial score (nSPS) is 20.5. The predicted octanol–water partition coefficient (Wildman–Crippen LogP) is 4.21. The van der Waals surface area contributed by atoms with E-state index in [1.165, 1.54) is 28.0 Å². The first-order chi connectivity index (χ1) is 12.9. The zero-order valence-electron chi connectivity index (χ0n) is 14.3. The summed E-state index contributed by atoms with van der Waals surface area (Å²) < 4.78 is 1.90. The lowest BCUT2D eigenvalue weighted by atomic mass is 9.83. The average Bonchev–Trinajstić information content (AvgIpc) is 3.16. The number of aromatic nitrogens is 4. The first-order valence-electron chi connectivity index (χ1n) is 8.99. The molecule has 26 heavy (non-hydrogen) atoms. The number of anilines is 1. The average molecular weight is 341 g/mol. The summed E-state index contributed by atoms with van der Waals surface area (Å²) in [4.78, 5) is 0. The molecule has 1 aliphatic heterocycles. The molecule has 2 aromatic carbocycles. The van der Waals surface area contributed by atoms with Crippen LogP contribution in [0.25, 0.3) is 6.08 Å². The van der Waals surface area contributed by atoms with Crippen molar-refractivity contribution >= 4 is 12.0 Å². The van der Waals surface area contributed by atoms with Crippen LogP contribution >= 0.6 is 0 Å². The molecule has 1 aliphatic carbocycles. The second-order valence-electron chi connectivity index (χ2n) is 6.72. The summed E-state index contributed by atoms with van der Waals surface area (Å²) in [6.45, 7) is 0. The maximum Gasteiger partial charge on any atom is 0.248 e. The number of fused-ring (bicyclic) bond motifs is 1. The number of hydrogen-bond acceptors (Lipinski definition) is 4. The lowest BCUT2D eigenvalue weighted by Crippen LogP contribution is -2.28. The van der Waals surface area contributed by atoms with Crippen molar-refractivity contribution < 1.29 is 0 Å². The fourth-order valence-electron chi connectivity index (χ4n) is 3.94. The fraction of sp³-hybridized carbons (Fsp3) is 0.190. The van der Waals surface area contributed by atoms with Gasteiger partial charge in [-0.15, -0.1) is 0 Å². The molecule has 0 fully saturated rings. The minimum atomic E-state index is 0.0527. The van der Waals surface area contributed by atoms with Crippen molar-refractivity contribution in [3.05, 3.63) is 88.6 Å². The maximum atomic E-state index is 4.25. The van der Waals surface area contributed by atoms with Crippen LogP contribution in [-0.4, -0.2) is 20.2 Å². The SMILES string of the molecule is C(=C1CCCC2=C1Nc1nnnn1C2c1ccccc1)c1ccccc1. The van der Waals surface area contributed by atoms with Crippen molar-refractivity contribution in [2.45, 2.75) is 25.3 Å². The summed E-state index contributed by atoms with van der Waals surface area (Å²) in [7, 11) is 0. The molecule has 128 valence electrons. The Labute approximate surface area is 152 Å². The molecule has 2 heterocycles. The van der Waals surface area contributed by atoms with Crippen molar-refractivity contribution in [3.63, 3.8) is 0 Å². The van der Waals surface area contributed by atoms with Crippen molar-refractivity contribution in [1.29, 1.82) is 0 Å². The van der Waals surface area contributed by atoms with Gasteiger partial charge in [0.25, 0.3) is 0 Å². The minimum Gasteiger partial charge on any atom is -0.323 e. The van der Waals surface area contributed by atoms with Crippen LogP contribution < -0.4 is 5.32 Å². The molecule has 2 aliphatic rings. The van der Waals surface area contributed by atoms with Crippen LogP contribution in [-0.2, 0) is 0 Å². The summed E-state index contributed by atoms with van der Waals surface area (Å²) in [6, 6.07) is 21.0. The van der Waals surface area contributed by atoms with Gasteiger partial charge in [0.1, 0.15) is 6.04 Å². The standard InChI is InChI=1S/C21H19N5/c1-3-8-15(9-4-1)14-17-12-7-13-18-19(17)22-21-23-24-25-26(21)20(18)16-10-5-2-6-11-16/h1-6,8-11,14,20H,7,12-13H2,(H,22,23,25).